The summed E-state index contributed by atoms with van der Waals surface area (Å²) in [4.78, 5) is 21.8. The molecule has 0 fully saturated rings. The van der Waals surface area contributed by atoms with Crippen LogP contribution in [0, 0.1) is 0 Å². The van der Waals surface area contributed by atoms with Gasteiger partial charge in [0.25, 0.3) is 0 Å². The lowest BCUT2D eigenvalue weighted by atomic mass is 10.2. The third kappa shape index (κ3) is 2.86. The maximum atomic E-state index is 10.9. The summed E-state index contributed by atoms with van der Waals surface area (Å²) in [5.74, 6) is -0.297. The van der Waals surface area contributed by atoms with Crippen molar-refractivity contribution in [3.63, 3.8) is 0 Å². The second-order valence-electron chi connectivity index (χ2n) is 2.64. The predicted molar refractivity (Wildman–Crippen MR) is 57.4 cm³/mol. The van der Waals surface area contributed by atoms with Crippen LogP contribution < -0.4 is 11.1 Å². The molecule has 0 spiro atoms. The summed E-state index contributed by atoms with van der Waals surface area (Å²) in [5, 5.41) is 2.20. The molecule has 0 aliphatic heterocycles. The zero-order valence-corrected chi connectivity index (χ0v) is 8.25. The Bertz CT molecular complexity index is 366. The van der Waals surface area contributed by atoms with Crippen molar-refractivity contribution in [2.24, 2.45) is 5.73 Å². The SMILES string of the molecule is NCC(=O)Nc1cccc(C(=O)S)c1. The lowest BCUT2D eigenvalue weighted by molar-refractivity contribution is -0.114. The van der Waals surface area contributed by atoms with Gasteiger partial charge in [0.1, 0.15) is 0 Å². The zero-order chi connectivity index (χ0) is 10.6. The number of nitrogens with one attached hydrogen (secondary N) is 1. The summed E-state index contributed by atoms with van der Waals surface area (Å²) < 4.78 is 0. The third-order valence-corrected chi connectivity index (χ3v) is 1.84. The highest BCUT2D eigenvalue weighted by atomic mass is 32.1. The van der Waals surface area contributed by atoms with E-state index in [4.69, 9.17) is 5.73 Å². The fourth-order valence-electron chi connectivity index (χ4n) is 0.942. The molecular weight excluding hydrogens is 200 g/mol. The number of anilines is 1. The van der Waals surface area contributed by atoms with Crippen molar-refractivity contribution in [2.45, 2.75) is 0 Å². The molecule has 0 saturated carbocycles. The molecule has 1 aromatic carbocycles. The smallest absolute Gasteiger partial charge is 0.238 e. The first kappa shape index (κ1) is 10.7. The average Bonchev–Trinajstić information content (AvgIpc) is 2.18. The standard InChI is InChI=1S/C9H10N2O2S/c10-5-8(12)11-7-3-1-2-6(4-7)9(13)14/h1-4H,5,10H2,(H,11,12)(H,13,14). The first-order chi connectivity index (χ1) is 6.63. The summed E-state index contributed by atoms with van der Waals surface area (Å²) in [6.07, 6.45) is 0. The lowest BCUT2D eigenvalue weighted by Gasteiger charge is -2.03. The normalized spacial score (nSPS) is 9.57. The van der Waals surface area contributed by atoms with E-state index in [1.165, 1.54) is 0 Å². The van der Waals surface area contributed by atoms with Crippen LogP contribution in [-0.4, -0.2) is 17.6 Å². The van der Waals surface area contributed by atoms with Gasteiger partial charge in [-0.25, -0.2) is 0 Å². The Balaban J connectivity index is 2.83. The van der Waals surface area contributed by atoms with Crippen molar-refractivity contribution >= 4 is 29.3 Å². The summed E-state index contributed by atoms with van der Waals surface area (Å²) >= 11 is 3.67. The van der Waals surface area contributed by atoms with Gasteiger partial charge in [-0.1, -0.05) is 12.1 Å². The minimum atomic E-state index is -0.339. The summed E-state index contributed by atoms with van der Waals surface area (Å²) in [7, 11) is 0. The van der Waals surface area contributed by atoms with Crippen LogP contribution in [0.2, 0.25) is 0 Å². The Morgan fingerprint density at radius 1 is 1.43 bits per heavy atom. The van der Waals surface area contributed by atoms with Crippen LogP contribution in [0.15, 0.2) is 24.3 Å². The third-order valence-electron chi connectivity index (χ3n) is 1.58. The maximum Gasteiger partial charge on any atom is 0.238 e. The molecule has 0 unspecified atom stereocenters. The van der Waals surface area contributed by atoms with E-state index in [2.05, 4.69) is 17.9 Å². The molecule has 3 N–H and O–H groups in total. The fourth-order valence-corrected chi connectivity index (χ4v) is 1.08. The number of carbonyl (C=O) groups is 2. The van der Waals surface area contributed by atoms with Gasteiger partial charge < -0.3 is 11.1 Å². The van der Waals surface area contributed by atoms with Crippen LogP contribution in [0.4, 0.5) is 5.69 Å². The molecule has 0 bridgehead atoms. The average molecular weight is 210 g/mol. The molecule has 0 radical (unpaired) electrons. The minimum Gasteiger partial charge on any atom is -0.325 e. The van der Waals surface area contributed by atoms with Crippen molar-refractivity contribution in [1.82, 2.24) is 0 Å². The Hall–Kier alpha value is -1.33. The number of nitrogens with two attached hydrogens (primary N) is 1. The van der Waals surface area contributed by atoms with Gasteiger partial charge in [-0.15, -0.1) is 12.6 Å². The van der Waals surface area contributed by atoms with Crippen molar-refractivity contribution in [2.75, 3.05) is 11.9 Å². The van der Waals surface area contributed by atoms with E-state index in [9.17, 15) is 9.59 Å². The highest BCUT2D eigenvalue weighted by Crippen LogP contribution is 2.11. The molecule has 0 saturated heterocycles. The van der Waals surface area contributed by atoms with Crippen LogP contribution >= 0.6 is 12.6 Å². The number of hydrogen-bond donors (Lipinski definition) is 3. The second-order valence-corrected chi connectivity index (χ2v) is 3.04. The Morgan fingerprint density at radius 3 is 2.71 bits per heavy atom. The summed E-state index contributed by atoms with van der Waals surface area (Å²) in [5.41, 5.74) is 6.10. The summed E-state index contributed by atoms with van der Waals surface area (Å²) in [6.45, 7) is -0.0843. The van der Waals surface area contributed by atoms with Gasteiger partial charge in [-0.2, -0.15) is 0 Å². The van der Waals surface area contributed by atoms with Crippen LogP contribution in [-0.2, 0) is 4.79 Å². The molecule has 0 aliphatic rings. The van der Waals surface area contributed by atoms with E-state index in [0.717, 1.165) is 0 Å². The second kappa shape index (κ2) is 4.78. The number of amides is 1. The Morgan fingerprint density at radius 2 is 2.14 bits per heavy atom. The maximum absolute atomic E-state index is 10.9. The van der Waals surface area contributed by atoms with Gasteiger partial charge in [-0.05, 0) is 12.1 Å². The summed E-state index contributed by atoms with van der Waals surface area (Å²) in [6, 6.07) is 6.50. The number of carbonyl (C=O) groups excluding carboxylic acids is 2. The fraction of sp³-hybridized carbons (Fsp3) is 0.111. The molecular formula is C9H10N2O2S. The molecule has 4 nitrogen and oxygen atoms in total. The highest BCUT2D eigenvalue weighted by Gasteiger charge is 2.03. The van der Waals surface area contributed by atoms with Gasteiger partial charge in [0, 0.05) is 11.3 Å². The van der Waals surface area contributed by atoms with Gasteiger partial charge in [0.05, 0.1) is 6.54 Å². The molecule has 1 rings (SSSR count). The quantitative estimate of drug-likeness (QED) is 0.641. The molecule has 1 amide bonds. The van der Waals surface area contributed by atoms with Crippen LogP contribution in [0.3, 0.4) is 0 Å². The van der Waals surface area contributed by atoms with Crippen molar-refractivity contribution in [3.8, 4) is 0 Å². The zero-order valence-electron chi connectivity index (χ0n) is 7.36. The van der Waals surface area contributed by atoms with Gasteiger partial charge in [-0.3, -0.25) is 9.59 Å². The minimum absolute atomic E-state index is 0.0843. The number of hydrogen-bond acceptors (Lipinski definition) is 3. The first-order valence-electron chi connectivity index (χ1n) is 3.97. The van der Waals surface area contributed by atoms with E-state index in [-0.39, 0.29) is 17.6 Å². The molecule has 14 heavy (non-hydrogen) atoms. The number of benzene rings is 1. The van der Waals surface area contributed by atoms with Crippen molar-refractivity contribution < 1.29 is 9.59 Å². The number of thiol groups is 1. The van der Waals surface area contributed by atoms with E-state index in [0.29, 0.717) is 11.3 Å². The number of rotatable bonds is 3. The van der Waals surface area contributed by atoms with Gasteiger partial charge >= 0.3 is 0 Å². The molecule has 0 atom stereocenters. The van der Waals surface area contributed by atoms with Crippen LogP contribution in [0.25, 0.3) is 0 Å². The Labute approximate surface area is 86.9 Å². The van der Waals surface area contributed by atoms with Gasteiger partial charge in [0.15, 0.2) is 0 Å². The largest absolute Gasteiger partial charge is 0.325 e. The van der Waals surface area contributed by atoms with Crippen LogP contribution in [0.5, 0.6) is 0 Å². The predicted octanol–water partition coefficient (Wildman–Crippen LogP) is 0.654. The van der Waals surface area contributed by atoms with Gasteiger partial charge in [0.2, 0.25) is 11.0 Å². The highest BCUT2D eigenvalue weighted by molar-refractivity contribution is 7.97. The monoisotopic (exact) mass is 210 g/mol. The van der Waals surface area contributed by atoms with Crippen molar-refractivity contribution in [1.29, 1.82) is 0 Å². The molecule has 0 aliphatic carbocycles. The van der Waals surface area contributed by atoms with E-state index >= 15 is 0 Å². The van der Waals surface area contributed by atoms with E-state index in [1.54, 1.807) is 24.3 Å². The lowest BCUT2D eigenvalue weighted by Crippen LogP contribution is -2.21. The molecule has 0 heterocycles. The Kier molecular flexibility index (Phi) is 3.67. The van der Waals surface area contributed by atoms with E-state index < -0.39 is 0 Å². The van der Waals surface area contributed by atoms with Crippen LogP contribution in [0.1, 0.15) is 10.4 Å². The molecule has 1 aromatic rings. The molecule has 0 aromatic heterocycles. The van der Waals surface area contributed by atoms with E-state index in [1.807, 2.05) is 0 Å². The first-order valence-corrected chi connectivity index (χ1v) is 4.41. The van der Waals surface area contributed by atoms with Crippen molar-refractivity contribution in [3.05, 3.63) is 29.8 Å². The molecule has 74 valence electrons. The topological polar surface area (TPSA) is 72.2 Å². The molecule has 5 heteroatoms.